The Hall–Kier alpha value is -0.870. The zero-order valence-electron chi connectivity index (χ0n) is 9.77. The number of nitrogens with zero attached hydrogens (tertiary/aromatic N) is 1. The van der Waals surface area contributed by atoms with Crippen molar-refractivity contribution >= 4 is 22.6 Å². The lowest BCUT2D eigenvalue weighted by Gasteiger charge is -2.22. The van der Waals surface area contributed by atoms with Gasteiger partial charge in [0.05, 0.1) is 6.26 Å². The minimum absolute atomic E-state index is 0.581. The molecule has 0 bridgehead atoms. The number of hydrogen-bond donors (Lipinski definition) is 1. The second-order valence-electron chi connectivity index (χ2n) is 4.45. The molecule has 1 fully saturated rings. The van der Waals surface area contributed by atoms with Crippen LogP contribution in [0.5, 0.6) is 0 Å². The van der Waals surface area contributed by atoms with Crippen molar-refractivity contribution in [2.24, 2.45) is 0 Å². The van der Waals surface area contributed by atoms with Crippen molar-refractivity contribution in [3.8, 4) is 0 Å². The Bertz CT molecular complexity index is 377. The summed E-state index contributed by atoms with van der Waals surface area (Å²) in [5, 5.41) is 0. The number of anilines is 2. The van der Waals surface area contributed by atoms with Crippen LogP contribution in [0, 0.1) is 0 Å². The van der Waals surface area contributed by atoms with Gasteiger partial charge in [0.15, 0.2) is 0 Å². The summed E-state index contributed by atoms with van der Waals surface area (Å²) in [6, 6.07) is 6.55. The van der Waals surface area contributed by atoms with E-state index in [0.29, 0.717) is 11.8 Å². The Morgan fingerprint density at radius 3 is 2.75 bits per heavy atom. The molecule has 0 spiro atoms. The summed E-state index contributed by atoms with van der Waals surface area (Å²) in [6.07, 6.45) is 4.25. The first-order valence-corrected chi connectivity index (χ1v) is 7.22. The van der Waals surface area contributed by atoms with Crippen LogP contribution in [0.1, 0.15) is 18.4 Å². The minimum Gasteiger partial charge on any atom is -0.616 e. The largest absolute Gasteiger partial charge is 0.616 e. The monoisotopic (exact) mass is 238 g/mol. The van der Waals surface area contributed by atoms with Gasteiger partial charge in [0, 0.05) is 30.0 Å². The smallest absolute Gasteiger partial charge is 0.132 e. The van der Waals surface area contributed by atoms with E-state index in [9.17, 15) is 4.55 Å². The number of rotatable bonds is 4. The van der Waals surface area contributed by atoms with E-state index >= 15 is 0 Å². The van der Waals surface area contributed by atoms with Crippen molar-refractivity contribution in [2.75, 3.05) is 23.9 Å². The van der Waals surface area contributed by atoms with Crippen LogP contribution in [0.4, 0.5) is 11.4 Å². The summed E-state index contributed by atoms with van der Waals surface area (Å²) >= 11 is -0.827. The lowest BCUT2D eigenvalue weighted by Crippen LogP contribution is -2.21. The van der Waals surface area contributed by atoms with Gasteiger partial charge in [-0.1, -0.05) is 11.2 Å². The number of hydrogen-bond acceptors (Lipinski definition) is 3. The molecular formula is C12H18N2OS. The highest BCUT2D eigenvalue weighted by Crippen LogP contribution is 2.33. The topological polar surface area (TPSA) is 52.3 Å². The van der Waals surface area contributed by atoms with E-state index < -0.39 is 11.2 Å². The second-order valence-corrected chi connectivity index (χ2v) is 5.88. The normalized spacial score (nSPS) is 17.2. The average molecular weight is 238 g/mol. The Kier molecular flexibility index (Phi) is 3.30. The highest BCUT2D eigenvalue weighted by atomic mass is 32.2. The molecule has 1 aliphatic carbocycles. The van der Waals surface area contributed by atoms with E-state index in [1.165, 1.54) is 18.5 Å². The molecule has 88 valence electrons. The molecule has 0 amide bonds. The SMILES string of the molecule is CN(c1ccc(N)cc1C[S+](C)[O-])C1CC1. The zero-order chi connectivity index (χ0) is 11.7. The summed E-state index contributed by atoms with van der Waals surface area (Å²) in [4.78, 5) is 2.28. The molecular weight excluding hydrogens is 220 g/mol. The summed E-state index contributed by atoms with van der Waals surface area (Å²) < 4.78 is 11.3. The third kappa shape index (κ3) is 2.62. The molecule has 1 aromatic rings. The molecule has 2 rings (SSSR count). The van der Waals surface area contributed by atoms with Gasteiger partial charge >= 0.3 is 0 Å². The van der Waals surface area contributed by atoms with Crippen LogP contribution in [0.15, 0.2) is 18.2 Å². The predicted molar refractivity (Wildman–Crippen MR) is 70.0 cm³/mol. The first-order valence-electron chi connectivity index (χ1n) is 5.49. The standard InChI is InChI=1S/C12H18N2OS/c1-14(11-4-5-11)12-6-3-10(13)7-9(12)8-16(2)15/h3,6-7,11H,4-5,8,13H2,1-2H3. The molecule has 1 unspecified atom stereocenters. The molecule has 0 radical (unpaired) electrons. The molecule has 3 nitrogen and oxygen atoms in total. The predicted octanol–water partition coefficient (Wildman–Crippen LogP) is 1.75. The summed E-state index contributed by atoms with van der Waals surface area (Å²) in [6.45, 7) is 0. The van der Waals surface area contributed by atoms with Crippen molar-refractivity contribution in [3.63, 3.8) is 0 Å². The Balaban J connectivity index is 2.27. The zero-order valence-corrected chi connectivity index (χ0v) is 10.6. The average Bonchev–Trinajstić information content (AvgIpc) is 2.99. The van der Waals surface area contributed by atoms with Crippen LogP contribution in [-0.4, -0.2) is 23.9 Å². The Labute approximate surface area is 99.8 Å². The van der Waals surface area contributed by atoms with Crippen LogP contribution in [0.3, 0.4) is 0 Å². The number of nitrogen functional groups attached to an aromatic ring is 1. The third-order valence-corrected chi connectivity index (χ3v) is 3.65. The van der Waals surface area contributed by atoms with Gasteiger partial charge in [-0.2, -0.15) is 0 Å². The van der Waals surface area contributed by atoms with Gasteiger partial charge in [0.25, 0.3) is 0 Å². The van der Waals surface area contributed by atoms with Crippen LogP contribution < -0.4 is 10.6 Å². The molecule has 4 heteroatoms. The van der Waals surface area contributed by atoms with Crippen molar-refractivity contribution in [3.05, 3.63) is 23.8 Å². The molecule has 1 aromatic carbocycles. The van der Waals surface area contributed by atoms with Gasteiger partial charge in [0.1, 0.15) is 5.75 Å². The van der Waals surface area contributed by atoms with Gasteiger partial charge in [-0.25, -0.2) is 0 Å². The molecule has 0 aliphatic heterocycles. The first-order chi connectivity index (χ1) is 7.58. The van der Waals surface area contributed by atoms with E-state index in [1.807, 2.05) is 18.2 Å². The maximum absolute atomic E-state index is 11.3. The van der Waals surface area contributed by atoms with E-state index in [4.69, 9.17) is 5.73 Å². The number of benzene rings is 1. The van der Waals surface area contributed by atoms with Crippen molar-refractivity contribution in [1.29, 1.82) is 0 Å². The second kappa shape index (κ2) is 4.55. The highest BCUT2D eigenvalue weighted by Gasteiger charge is 2.28. The van der Waals surface area contributed by atoms with Gasteiger partial charge in [0.2, 0.25) is 0 Å². The summed E-state index contributed by atoms with van der Waals surface area (Å²) in [7, 11) is 2.10. The van der Waals surface area contributed by atoms with E-state index in [0.717, 1.165) is 11.3 Å². The van der Waals surface area contributed by atoms with Crippen LogP contribution in [0.2, 0.25) is 0 Å². The quantitative estimate of drug-likeness (QED) is 0.642. The van der Waals surface area contributed by atoms with Crippen LogP contribution in [-0.2, 0) is 16.9 Å². The Morgan fingerprint density at radius 2 is 2.19 bits per heavy atom. The van der Waals surface area contributed by atoms with Gasteiger partial charge < -0.3 is 15.2 Å². The van der Waals surface area contributed by atoms with E-state index in [2.05, 4.69) is 11.9 Å². The first kappa shape index (κ1) is 11.6. The van der Waals surface area contributed by atoms with Crippen molar-refractivity contribution in [1.82, 2.24) is 0 Å². The van der Waals surface area contributed by atoms with Gasteiger partial charge in [-0.3, -0.25) is 0 Å². The highest BCUT2D eigenvalue weighted by molar-refractivity contribution is 7.89. The maximum Gasteiger partial charge on any atom is 0.132 e. The lowest BCUT2D eigenvalue weighted by atomic mass is 10.1. The maximum atomic E-state index is 11.3. The Morgan fingerprint density at radius 1 is 1.50 bits per heavy atom. The lowest BCUT2D eigenvalue weighted by molar-refractivity contribution is 0.600. The molecule has 0 saturated heterocycles. The summed E-state index contributed by atoms with van der Waals surface area (Å²) in [5.41, 5.74) is 8.79. The van der Waals surface area contributed by atoms with E-state index in [-0.39, 0.29) is 0 Å². The summed E-state index contributed by atoms with van der Waals surface area (Å²) in [5.74, 6) is 0.581. The molecule has 1 aliphatic rings. The van der Waals surface area contributed by atoms with Crippen molar-refractivity contribution < 1.29 is 4.55 Å². The fourth-order valence-corrected chi connectivity index (χ4v) is 2.61. The molecule has 16 heavy (non-hydrogen) atoms. The van der Waals surface area contributed by atoms with Crippen LogP contribution in [0.25, 0.3) is 0 Å². The molecule has 0 heterocycles. The molecule has 2 N–H and O–H groups in total. The molecule has 1 atom stereocenters. The van der Waals surface area contributed by atoms with Crippen LogP contribution >= 0.6 is 0 Å². The van der Waals surface area contributed by atoms with Crippen molar-refractivity contribution in [2.45, 2.75) is 24.6 Å². The van der Waals surface area contributed by atoms with Gasteiger partial charge in [-0.05, 0) is 31.0 Å². The number of nitrogens with two attached hydrogens (primary N) is 1. The molecule has 0 aromatic heterocycles. The minimum atomic E-state index is -0.827. The van der Waals surface area contributed by atoms with E-state index in [1.54, 1.807) is 6.26 Å². The fourth-order valence-electron chi connectivity index (χ4n) is 1.94. The molecule has 1 saturated carbocycles. The van der Waals surface area contributed by atoms with Gasteiger partial charge in [-0.15, -0.1) is 0 Å². The third-order valence-electron chi connectivity index (χ3n) is 2.94. The fraction of sp³-hybridized carbons (Fsp3) is 0.500.